The lowest BCUT2D eigenvalue weighted by Gasteiger charge is -2.19. The van der Waals surface area contributed by atoms with Crippen molar-refractivity contribution in [2.24, 2.45) is 0 Å². The molecule has 0 aliphatic rings. The lowest BCUT2D eigenvalue weighted by Crippen LogP contribution is -2.24. The van der Waals surface area contributed by atoms with Gasteiger partial charge in [0.2, 0.25) is 0 Å². The SMILES string of the molecule is CC(C)(C)OC(=O)Cc1ccc(C(=O)Cc2ccc(C(=O)c3ccc(CC(=O)c4ccc(CC(=O)OC(C)(C)C)cc4)cc3)cc2)cc1. The first-order valence-electron chi connectivity index (χ1n) is 16.0. The molecule has 0 fully saturated rings. The van der Waals surface area contributed by atoms with Crippen molar-refractivity contribution in [3.05, 3.63) is 142 Å². The van der Waals surface area contributed by atoms with Crippen LogP contribution in [0.15, 0.2) is 97.1 Å². The maximum atomic E-state index is 13.1. The molecule has 0 radical (unpaired) electrons. The molecule has 0 bridgehead atoms. The van der Waals surface area contributed by atoms with E-state index in [2.05, 4.69) is 0 Å². The van der Waals surface area contributed by atoms with E-state index in [1.54, 1.807) is 97.1 Å². The third-order valence-electron chi connectivity index (χ3n) is 7.25. The van der Waals surface area contributed by atoms with Crippen LogP contribution in [0.5, 0.6) is 0 Å². The number of esters is 2. The Hall–Kier alpha value is -5.17. The van der Waals surface area contributed by atoms with Crippen LogP contribution in [0.25, 0.3) is 0 Å². The molecule has 0 aliphatic heterocycles. The minimum atomic E-state index is -0.553. The molecular weight excluding hydrogens is 604 g/mol. The second kappa shape index (κ2) is 15.2. The zero-order chi connectivity index (χ0) is 35.1. The molecule has 4 aromatic rings. The number of ketones is 3. The number of benzene rings is 4. The standard InChI is InChI=1S/C41H42O7/c1-40(2,3)47-37(44)25-29-7-15-31(16-8-29)35(42)23-27-11-19-33(20-12-27)39(46)34-21-13-28(14-22-34)24-36(43)32-17-9-30(10-18-32)26-38(45)48-41(4,5)6/h7-22H,23-26H2,1-6H3. The normalized spacial score (nSPS) is 11.5. The second-order valence-corrected chi connectivity index (χ2v) is 13.8. The average Bonchev–Trinajstić information content (AvgIpc) is 3.00. The minimum absolute atomic E-state index is 0.0697. The summed E-state index contributed by atoms with van der Waals surface area (Å²) in [5.41, 5.74) is 4.06. The first-order chi connectivity index (χ1) is 22.5. The zero-order valence-corrected chi connectivity index (χ0v) is 28.4. The summed E-state index contributed by atoms with van der Waals surface area (Å²) in [5, 5.41) is 0. The summed E-state index contributed by atoms with van der Waals surface area (Å²) in [7, 11) is 0. The van der Waals surface area contributed by atoms with Gasteiger partial charge in [0.25, 0.3) is 0 Å². The Labute approximate surface area is 282 Å². The Morgan fingerprint density at radius 1 is 0.396 bits per heavy atom. The van der Waals surface area contributed by atoms with Crippen molar-refractivity contribution in [1.82, 2.24) is 0 Å². The smallest absolute Gasteiger partial charge is 0.310 e. The Bertz CT molecular complexity index is 1630. The summed E-state index contributed by atoms with van der Waals surface area (Å²) in [5.74, 6) is -0.940. The van der Waals surface area contributed by atoms with E-state index in [9.17, 15) is 24.0 Å². The van der Waals surface area contributed by atoms with Gasteiger partial charge >= 0.3 is 11.9 Å². The summed E-state index contributed by atoms with van der Waals surface area (Å²) in [4.78, 5) is 63.0. The molecule has 0 aromatic heterocycles. The summed E-state index contributed by atoms with van der Waals surface area (Å²) in [6.07, 6.45) is 0.622. The Balaban J connectivity index is 1.29. The van der Waals surface area contributed by atoms with Crippen molar-refractivity contribution in [3.8, 4) is 0 Å². The van der Waals surface area contributed by atoms with Gasteiger partial charge in [-0.25, -0.2) is 0 Å². The van der Waals surface area contributed by atoms with E-state index in [0.717, 1.165) is 22.3 Å². The molecule has 0 atom stereocenters. The van der Waals surface area contributed by atoms with E-state index >= 15 is 0 Å². The Morgan fingerprint density at radius 3 is 0.917 bits per heavy atom. The van der Waals surface area contributed by atoms with Crippen LogP contribution in [0.3, 0.4) is 0 Å². The largest absolute Gasteiger partial charge is 0.460 e. The van der Waals surface area contributed by atoms with Crippen LogP contribution in [0.4, 0.5) is 0 Å². The fourth-order valence-electron chi connectivity index (χ4n) is 5.00. The highest BCUT2D eigenvalue weighted by atomic mass is 16.6. The molecule has 0 saturated carbocycles. The van der Waals surface area contributed by atoms with Crippen molar-refractivity contribution in [2.75, 3.05) is 0 Å². The predicted molar refractivity (Wildman–Crippen MR) is 184 cm³/mol. The van der Waals surface area contributed by atoms with E-state index < -0.39 is 11.2 Å². The molecule has 0 aliphatic carbocycles. The van der Waals surface area contributed by atoms with Crippen LogP contribution in [-0.2, 0) is 44.7 Å². The summed E-state index contributed by atoms with van der Waals surface area (Å²) < 4.78 is 10.7. The van der Waals surface area contributed by atoms with Gasteiger partial charge in [-0.3, -0.25) is 24.0 Å². The third kappa shape index (κ3) is 11.0. The predicted octanol–water partition coefficient (Wildman–Crippen LogP) is 7.54. The lowest BCUT2D eigenvalue weighted by molar-refractivity contribution is -0.155. The molecule has 0 unspecified atom stereocenters. The van der Waals surface area contributed by atoms with Crippen LogP contribution < -0.4 is 0 Å². The molecule has 4 rings (SSSR count). The quantitative estimate of drug-likeness (QED) is 0.116. The third-order valence-corrected chi connectivity index (χ3v) is 7.25. The molecule has 7 nitrogen and oxygen atoms in total. The molecule has 0 saturated heterocycles. The zero-order valence-electron chi connectivity index (χ0n) is 28.4. The minimum Gasteiger partial charge on any atom is -0.460 e. The van der Waals surface area contributed by atoms with Crippen LogP contribution in [0.2, 0.25) is 0 Å². The maximum Gasteiger partial charge on any atom is 0.310 e. The van der Waals surface area contributed by atoms with Gasteiger partial charge < -0.3 is 9.47 Å². The maximum absolute atomic E-state index is 13.1. The lowest BCUT2D eigenvalue weighted by atomic mass is 9.96. The number of rotatable bonds is 12. The van der Waals surface area contributed by atoms with Gasteiger partial charge in [0, 0.05) is 35.1 Å². The highest BCUT2D eigenvalue weighted by Gasteiger charge is 2.18. The first-order valence-corrected chi connectivity index (χ1v) is 16.0. The molecule has 0 spiro atoms. The van der Waals surface area contributed by atoms with Crippen LogP contribution in [0.1, 0.15) is 100 Å². The Morgan fingerprint density at radius 2 is 0.646 bits per heavy atom. The monoisotopic (exact) mass is 646 g/mol. The molecule has 4 aromatic carbocycles. The molecule has 248 valence electrons. The van der Waals surface area contributed by atoms with Crippen molar-refractivity contribution in [2.45, 2.75) is 78.4 Å². The van der Waals surface area contributed by atoms with Crippen LogP contribution in [0, 0.1) is 0 Å². The van der Waals surface area contributed by atoms with Crippen molar-refractivity contribution in [1.29, 1.82) is 0 Å². The van der Waals surface area contributed by atoms with E-state index in [-0.39, 0.29) is 55.0 Å². The number of ether oxygens (including phenoxy) is 2. The van der Waals surface area contributed by atoms with Gasteiger partial charge in [-0.05, 0) is 63.8 Å². The molecule has 0 amide bonds. The number of carbonyl (C=O) groups is 5. The van der Waals surface area contributed by atoms with E-state index in [4.69, 9.17) is 9.47 Å². The van der Waals surface area contributed by atoms with Crippen molar-refractivity contribution in [3.63, 3.8) is 0 Å². The first kappa shape index (κ1) is 35.7. The summed E-state index contributed by atoms with van der Waals surface area (Å²) in [6.45, 7) is 10.9. The fourth-order valence-corrected chi connectivity index (χ4v) is 5.00. The fraction of sp³-hybridized carbons (Fsp3) is 0.293. The number of hydrogen-bond donors (Lipinski definition) is 0. The van der Waals surface area contributed by atoms with E-state index in [1.165, 1.54) is 0 Å². The second-order valence-electron chi connectivity index (χ2n) is 13.8. The number of Topliss-reactive ketones (excluding diaryl/α,β-unsaturated/α-hetero) is 2. The van der Waals surface area contributed by atoms with Gasteiger partial charge in [0.1, 0.15) is 11.2 Å². The summed E-state index contributed by atoms with van der Waals surface area (Å²) >= 11 is 0. The average molecular weight is 647 g/mol. The topological polar surface area (TPSA) is 104 Å². The molecule has 0 heterocycles. The highest BCUT2D eigenvalue weighted by Crippen LogP contribution is 2.18. The van der Waals surface area contributed by atoms with E-state index in [1.807, 2.05) is 41.5 Å². The summed E-state index contributed by atoms with van der Waals surface area (Å²) in [6, 6.07) is 27.8. The van der Waals surface area contributed by atoms with Gasteiger partial charge in [0.15, 0.2) is 17.3 Å². The van der Waals surface area contributed by atoms with Gasteiger partial charge in [-0.1, -0.05) is 97.1 Å². The highest BCUT2D eigenvalue weighted by molar-refractivity contribution is 6.09. The van der Waals surface area contributed by atoms with Crippen LogP contribution >= 0.6 is 0 Å². The Kier molecular flexibility index (Phi) is 11.3. The molecular formula is C41H42O7. The van der Waals surface area contributed by atoms with E-state index in [0.29, 0.717) is 22.3 Å². The van der Waals surface area contributed by atoms with Crippen molar-refractivity contribution >= 4 is 29.3 Å². The molecule has 48 heavy (non-hydrogen) atoms. The van der Waals surface area contributed by atoms with Gasteiger partial charge in [-0.15, -0.1) is 0 Å². The van der Waals surface area contributed by atoms with Crippen molar-refractivity contribution < 1.29 is 33.4 Å². The van der Waals surface area contributed by atoms with Gasteiger partial charge in [0.05, 0.1) is 12.8 Å². The van der Waals surface area contributed by atoms with Gasteiger partial charge in [-0.2, -0.15) is 0 Å². The molecule has 7 heteroatoms. The van der Waals surface area contributed by atoms with Crippen LogP contribution in [-0.4, -0.2) is 40.5 Å². The molecule has 0 N–H and O–H groups in total. The number of carbonyl (C=O) groups excluding carboxylic acids is 5. The number of hydrogen-bond acceptors (Lipinski definition) is 7.